The van der Waals surface area contributed by atoms with Crippen LogP contribution in [0.2, 0.25) is 0 Å². The van der Waals surface area contributed by atoms with Gasteiger partial charge < -0.3 is 9.84 Å². The van der Waals surface area contributed by atoms with Crippen molar-refractivity contribution in [1.82, 2.24) is 0 Å². The Labute approximate surface area is 73.7 Å². The van der Waals surface area contributed by atoms with Crippen molar-refractivity contribution < 1.29 is 14.6 Å². The van der Waals surface area contributed by atoms with E-state index in [4.69, 9.17) is 4.74 Å². The molecule has 0 rings (SSSR count). The van der Waals surface area contributed by atoms with Crippen molar-refractivity contribution in [2.24, 2.45) is 5.92 Å². The molecule has 0 saturated carbocycles. The van der Waals surface area contributed by atoms with E-state index in [1.807, 2.05) is 13.8 Å². The number of hydrogen-bond donors (Lipinski definition) is 1. The maximum atomic E-state index is 11.2. The summed E-state index contributed by atoms with van der Waals surface area (Å²) in [6.45, 7) is 5.88. The second kappa shape index (κ2) is 6.00. The average Bonchev–Trinajstić information content (AvgIpc) is 2.06. The van der Waals surface area contributed by atoms with Crippen molar-refractivity contribution in [3.05, 3.63) is 0 Å². The molecule has 0 heterocycles. The van der Waals surface area contributed by atoms with E-state index in [1.54, 1.807) is 6.92 Å². The lowest BCUT2D eigenvalue weighted by molar-refractivity contribution is -0.152. The van der Waals surface area contributed by atoms with Gasteiger partial charge in [0.25, 0.3) is 0 Å². The average molecular weight is 174 g/mol. The lowest BCUT2D eigenvalue weighted by atomic mass is 9.98. The predicted octanol–water partition coefficient (Wildman–Crippen LogP) is 1.35. The maximum absolute atomic E-state index is 11.2. The Balaban J connectivity index is 4.04. The fourth-order valence-electron chi connectivity index (χ4n) is 1.13. The molecule has 0 fully saturated rings. The normalized spacial score (nSPS) is 15.3. The number of rotatable bonds is 5. The monoisotopic (exact) mass is 174 g/mol. The predicted molar refractivity (Wildman–Crippen MR) is 46.7 cm³/mol. The molecule has 2 atom stereocenters. The first-order valence-electron chi connectivity index (χ1n) is 4.51. The topological polar surface area (TPSA) is 46.5 Å². The summed E-state index contributed by atoms with van der Waals surface area (Å²) in [6, 6.07) is 0. The Hall–Kier alpha value is -0.570. The molecule has 0 aliphatic heterocycles. The molecule has 0 saturated heterocycles. The Kier molecular flexibility index (Phi) is 5.72. The molecule has 0 aromatic heterocycles. The molecule has 0 aliphatic carbocycles. The molecule has 12 heavy (non-hydrogen) atoms. The minimum Gasteiger partial charge on any atom is -0.466 e. The number of hydrogen-bond acceptors (Lipinski definition) is 3. The van der Waals surface area contributed by atoms with Gasteiger partial charge in [0.05, 0.1) is 18.6 Å². The molecule has 3 nitrogen and oxygen atoms in total. The summed E-state index contributed by atoms with van der Waals surface area (Å²) >= 11 is 0. The zero-order chi connectivity index (χ0) is 9.56. The van der Waals surface area contributed by atoms with E-state index in [1.165, 1.54) is 0 Å². The van der Waals surface area contributed by atoms with Crippen molar-refractivity contribution >= 4 is 5.97 Å². The molecular formula is C9H18O3. The van der Waals surface area contributed by atoms with Crippen molar-refractivity contribution in [1.29, 1.82) is 0 Å². The second-order valence-electron chi connectivity index (χ2n) is 2.74. The molecule has 3 heteroatoms. The van der Waals surface area contributed by atoms with Crippen LogP contribution in [0.4, 0.5) is 0 Å². The zero-order valence-corrected chi connectivity index (χ0v) is 8.04. The van der Waals surface area contributed by atoms with Crippen molar-refractivity contribution in [3.8, 4) is 0 Å². The van der Waals surface area contributed by atoms with Gasteiger partial charge in [-0.05, 0) is 19.8 Å². The van der Waals surface area contributed by atoms with Gasteiger partial charge >= 0.3 is 5.97 Å². The lowest BCUT2D eigenvalue weighted by Crippen LogP contribution is -2.28. The summed E-state index contributed by atoms with van der Waals surface area (Å²) in [7, 11) is 0. The van der Waals surface area contributed by atoms with Crippen molar-refractivity contribution in [3.63, 3.8) is 0 Å². The third-order valence-corrected chi connectivity index (χ3v) is 1.91. The number of aliphatic hydroxyl groups is 1. The van der Waals surface area contributed by atoms with Gasteiger partial charge in [0.15, 0.2) is 0 Å². The molecule has 0 bridgehead atoms. The van der Waals surface area contributed by atoms with Gasteiger partial charge in [-0.25, -0.2) is 0 Å². The van der Waals surface area contributed by atoms with Crippen LogP contribution in [0, 0.1) is 5.92 Å². The van der Waals surface area contributed by atoms with Crippen molar-refractivity contribution in [2.75, 3.05) is 6.61 Å². The van der Waals surface area contributed by atoms with Crippen LogP contribution < -0.4 is 0 Å². The van der Waals surface area contributed by atoms with Gasteiger partial charge in [0.1, 0.15) is 0 Å². The lowest BCUT2D eigenvalue weighted by Gasteiger charge is -2.17. The van der Waals surface area contributed by atoms with Gasteiger partial charge in [-0.15, -0.1) is 0 Å². The fraction of sp³-hybridized carbons (Fsp3) is 0.889. The maximum Gasteiger partial charge on any atom is 0.311 e. The van der Waals surface area contributed by atoms with Gasteiger partial charge in [0, 0.05) is 0 Å². The molecule has 0 radical (unpaired) electrons. The largest absolute Gasteiger partial charge is 0.466 e. The first-order valence-corrected chi connectivity index (χ1v) is 4.51. The number of carbonyl (C=O) groups is 1. The highest BCUT2D eigenvalue weighted by Gasteiger charge is 2.24. The van der Waals surface area contributed by atoms with Crippen LogP contribution in [0.15, 0.2) is 0 Å². The molecule has 1 N–H and O–H groups in total. The molecule has 0 spiro atoms. The molecule has 0 aliphatic rings. The van der Waals surface area contributed by atoms with Gasteiger partial charge in [-0.1, -0.05) is 13.8 Å². The number of esters is 1. The third kappa shape index (κ3) is 3.22. The SMILES string of the molecule is CCOC(=O)C(CC)C(O)CC. The Morgan fingerprint density at radius 1 is 1.33 bits per heavy atom. The van der Waals surface area contributed by atoms with E-state index in [9.17, 15) is 9.90 Å². The minimum atomic E-state index is -0.561. The van der Waals surface area contributed by atoms with E-state index in [2.05, 4.69) is 0 Å². The number of carbonyl (C=O) groups excluding carboxylic acids is 1. The first-order chi connectivity index (χ1) is 5.67. The van der Waals surface area contributed by atoms with Crippen LogP contribution in [0.1, 0.15) is 33.6 Å². The molecule has 0 aromatic rings. The molecule has 2 unspecified atom stereocenters. The highest BCUT2D eigenvalue weighted by Crippen LogP contribution is 2.13. The van der Waals surface area contributed by atoms with Crippen LogP contribution in [-0.2, 0) is 9.53 Å². The fourth-order valence-corrected chi connectivity index (χ4v) is 1.13. The van der Waals surface area contributed by atoms with Gasteiger partial charge in [-0.2, -0.15) is 0 Å². The van der Waals surface area contributed by atoms with E-state index in [0.29, 0.717) is 19.4 Å². The summed E-state index contributed by atoms with van der Waals surface area (Å²) in [5, 5.41) is 9.41. The summed E-state index contributed by atoms with van der Waals surface area (Å²) in [6.07, 6.45) is 0.666. The molecule has 0 amide bonds. The summed E-state index contributed by atoms with van der Waals surface area (Å²) < 4.78 is 4.82. The zero-order valence-electron chi connectivity index (χ0n) is 8.04. The van der Waals surface area contributed by atoms with Gasteiger partial charge in [-0.3, -0.25) is 4.79 Å². The molecular weight excluding hydrogens is 156 g/mol. The highest BCUT2D eigenvalue weighted by molar-refractivity contribution is 5.72. The summed E-state index contributed by atoms with van der Waals surface area (Å²) in [5.74, 6) is -0.635. The number of ether oxygens (including phenoxy) is 1. The smallest absolute Gasteiger partial charge is 0.311 e. The summed E-state index contributed by atoms with van der Waals surface area (Å²) in [5.41, 5.74) is 0. The Morgan fingerprint density at radius 3 is 2.25 bits per heavy atom. The molecule has 0 aromatic carbocycles. The second-order valence-corrected chi connectivity index (χ2v) is 2.74. The van der Waals surface area contributed by atoms with Gasteiger partial charge in [0.2, 0.25) is 0 Å². The Morgan fingerprint density at radius 2 is 1.92 bits per heavy atom. The summed E-state index contributed by atoms with van der Waals surface area (Å²) in [4.78, 5) is 11.2. The first kappa shape index (κ1) is 11.4. The highest BCUT2D eigenvalue weighted by atomic mass is 16.5. The van der Waals surface area contributed by atoms with Crippen LogP contribution >= 0.6 is 0 Å². The Bertz CT molecular complexity index is 134. The van der Waals surface area contributed by atoms with Crippen LogP contribution in [0.3, 0.4) is 0 Å². The molecule has 72 valence electrons. The van der Waals surface area contributed by atoms with Crippen LogP contribution in [-0.4, -0.2) is 23.8 Å². The van der Waals surface area contributed by atoms with Crippen LogP contribution in [0.5, 0.6) is 0 Å². The van der Waals surface area contributed by atoms with Crippen molar-refractivity contribution in [2.45, 2.75) is 39.7 Å². The minimum absolute atomic E-state index is 0.283. The van der Waals surface area contributed by atoms with Crippen LogP contribution in [0.25, 0.3) is 0 Å². The van der Waals surface area contributed by atoms with E-state index < -0.39 is 6.10 Å². The van der Waals surface area contributed by atoms with E-state index >= 15 is 0 Å². The quantitative estimate of drug-likeness (QED) is 0.640. The third-order valence-electron chi connectivity index (χ3n) is 1.91. The van der Waals surface area contributed by atoms with E-state index in [0.717, 1.165) is 0 Å². The standard InChI is InChI=1S/C9H18O3/c1-4-7(8(10)5-2)9(11)12-6-3/h7-8,10H,4-6H2,1-3H3. The number of aliphatic hydroxyl groups excluding tert-OH is 1. The van der Waals surface area contributed by atoms with E-state index in [-0.39, 0.29) is 11.9 Å².